The molecule has 12 heavy (non-hydrogen) atoms. The quantitative estimate of drug-likeness (QED) is 0.423. The van der Waals surface area contributed by atoms with Crippen LogP contribution in [0.4, 0.5) is 0 Å². The van der Waals surface area contributed by atoms with Crippen LogP contribution in [0.2, 0.25) is 0 Å². The van der Waals surface area contributed by atoms with Gasteiger partial charge in [-0.05, 0) is 32.3 Å². The van der Waals surface area contributed by atoms with Crippen molar-refractivity contribution in [1.29, 1.82) is 0 Å². The first-order valence-corrected chi connectivity index (χ1v) is 4.29. The Morgan fingerprint density at radius 2 is 2.00 bits per heavy atom. The van der Waals surface area contributed by atoms with Gasteiger partial charge in [-0.3, -0.25) is 0 Å². The predicted octanol–water partition coefficient (Wildman–Crippen LogP) is 4.03. The van der Waals surface area contributed by atoms with Crippen molar-refractivity contribution >= 4 is 0 Å². The fraction of sp³-hybridized carbons (Fsp3) is 0.333. The highest BCUT2D eigenvalue weighted by atomic mass is 14.0. The number of rotatable bonds is 5. The minimum atomic E-state index is 1.06. The molecular weight excluding hydrogens is 144 g/mol. The van der Waals surface area contributed by atoms with E-state index in [1.54, 1.807) is 0 Å². The molecule has 0 aromatic rings. The summed E-state index contributed by atoms with van der Waals surface area (Å²) in [5.41, 5.74) is 2.55. The van der Waals surface area contributed by atoms with E-state index in [1.165, 1.54) is 11.1 Å². The molecule has 0 saturated carbocycles. The second-order valence-corrected chi connectivity index (χ2v) is 2.93. The summed E-state index contributed by atoms with van der Waals surface area (Å²) in [6.07, 6.45) is 10.2. The Kier molecular flexibility index (Phi) is 6.08. The molecule has 0 unspecified atom stereocenters. The molecule has 0 aromatic heterocycles. The molecule has 0 rings (SSSR count). The van der Waals surface area contributed by atoms with Gasteiger partial charge in [-0.15, -0.1) is 6.58 Å². The lowest BCUT2D eigenvalue weighted by atomic mass is 10.1. The monoisotopic (exact) mass is 162 g/mol. The van der Waals surface area contributed by atoms with Crippen molar-refractivity contribution in [2.24, 2.45) is 0 Å². The van der Waals surface area contributed by atoms with Gasteiger partial charge in [-0.25, -0.2) is 0 Å². The average Bonchev–Trinajstić information content (AvgIpc) is 2.01. The van der Waals surface area contributed by atoms with Crippen molar-refractivity contribution < 1.29 is 0 Å². The highest BCUT2D eigenvalue weighted by molar-refractivity contribution is 5.23. The van der Waals surface area contributed by atoms with Gasteiger partial charge in [0, 0.05) is 0 Å². The van der Waals surface area contributed by atoms with Crippen LogP contribution in [0, 0.1) is 0 Å². The van der Waals surface area contributed by atoms with Gasteiger partial charge < -0.3 is 0 Å². The van der Waals surface area contributed by atoms with E-state index in [1.807, 2.05) is 25.2 Å². The molecule has 0 heterocycles. The van der Waals surface area contributed by atoms with E-state index >= 15 is 0 Å². The molecule has 0 nitrogen and oxygen atoms in total. The molecule has 0 aromatic carbocycles. The predicted molar refractivity (Wildman–Crippen MR) is 57.1 cm³/mol. The minimum Gasteiger partial charge on any atom is -0.100 e. The minimum absolute atomic E-state index is 1.06. The summed E-state index contributed by atoms with van der Waals surface area (Å²) < 4.78 is 0. The number of allylic oxidation sites excluding steroid dienone is 6. The van der Waals surface area contributed by atoms with Crippen LogP contribution in [-0.4, -0.2) is 0 Å². The van der Waals surface area contributed by atoms with Crippen molar-refractivity contribution in [2.45, 2.75) is 26.7 Å². The van der Waals surface area contributed by atoms with Crippen molar-refractivity contribution in [2.75, 3.05) is 0 Å². The van der Waals surface area contributed by atoms with Crippen LogP contribution in [0.5, 0.6) is 0 Å². The maximum absolute atomic E-state index is 3.87. The van der Waals surface area contributed by atoms with E-state index in [0.29, 0.717) is 0 Å². The van der Waals surface area contributed by atoms with Gasteiger partial charge in [0.05, 0.1) is 0 Å². The highest BCUT2D eigenvalue weighted by Gasteiger charge is 1.91. The molecule has 0 heteroatoms. The number of hydrogen-bond donors (Lipinski definition) is 0. The molecular formula is C12H18. The Hall–Kier alpha value is -1.04. The lowest BCUT2D eigenvalue weighted by Gasteiger charge is -2.00. The standard InChI is InChI=1S/C12H18/c1-5-7-12(8-6-2)10-9-11(3)4/h5-8H,1,3,9-10H2,2,4H3/b8-6-,12-7+. The largest absolute Gasteiger partial charge is 0.100 e. The van der Waals surface area contributed by atoms with Crippen LogP contribution >= 0.6 is 0 Å². The van der Waals surface area contributed by atoms with Gasteiger partial charge in [0.25, 0.3) is 0 Å². The fourth-order valence-electron chi connectivity index (χ4n) is 0.945. The van der Waals surface area contributed by atoms with Gasteiger partial charge in [0.15, 0.2) is 0 Å². The third kappa shape index (κ3) is 5.72. The molecule has 0 bridgehead atoms. The molecule has 0 saturated heterocycles. The Balaban J connectivity index is 4.05. The molecule has 0 spiro atoms. The number of hydrogen-bond acceptors (Lipinski definition) is 0. The first kappa shape index (κ1) is 11.0. The summed E-state index contributed by atoms with van der Waals surface area (Å²) in [6.45, 7) is 11.6. The van der Waals surface area contributed by atoms with E-state index in [9.17, 15) is 0 Å². The smallest absolute Gasteiger partial charge is 0.0242 e. The van der Waals surface area contributed by atoms with Gasteiger partial charge in [-0.2, -0.15) is 0 Å². The molecule has 0 aliphatic rings. The van der Waals surface area contributed by atoms with E-state index in [-0.39, 0.29) is 0 Å². The van der Waals surface area contributed by atoms with Crippen LogP contribution in [0.1, 0.15) is 26.7 Å². The Morgan fingerprint density at radius 1 is 1.33 bits per heavy atom. The molecule has 66 valence electrons. The lowest BCUT2D eigenvalue weighted by molar-refractivity contribution is 0.950. The van der Waals surface area contributed by atoms with Gasteiger partial charge in [0.1, 0.15) is 0 Å². The van der Waals surface area contributed by atoms with Crippen LogP contribution < -0.4 is 0 Å². The lowest BCUT2D eigenvalue weighted by Crippen LogP contribution is -1.80. The van der Waals surface area contributed by atoms with E-state index in [4.69, 9.17) is 0 Å². The summed E-state index contributed by atoms with van der Waals surface area (Å²) in [4.78, 5) is 0. The third-order valence-electron chi connectivity index (χ3n) is 1.55. The zero-order valence-corrected chi connectivity index (χ0v) is 8.14. The molecule has 0 radical (unpaired) electrons. The van der Waals surface area contributed by atoms with Crippen molar-refractivity contribution in [3.05, 3.63) is 48.6 Å². The van der Waals surface area contributed by atoms with Crippen LogP contribution in [0.25, 0.3) is 0 Å². The molecule has 0 amide bonds. The molecule has 0 aliphatic carbocycles. The summed E-state index contributed by atoms with van der Waals surface area (Å²) in [7, 11) is 0. The van der Waals surface area contributed by atoms with Crippen molar-refractivity contribution in [3.8, 4) is 0 Å². The van der Waals surface area contributed by atoms with E-state index in [0.717, 1.165) is 12.8 Å². The summed E-state index contributed by atoms with van der Waals surface area (Å²) >= 11 is 0. The molecule has 0 N–H and O–H groups in total. The van der Waals surface area contributed by atoms with E-state index < -0.39 is 0 Å². The summed E-state index contributed by atoms with van der Waals surface area (Å²) in [5.74, 6) is 0. The zero-order valence-electron chi connectivity index (χ0n) is 8.14. The molecule has 0 aliphatic heterocycles. The first-order chi connectivity index (χ1) is 5.70. The second kappa shape index (κ2) is 6.66. The fourth-order valence-corrected chi connectivity index (χ4v) is 0.945. The van der Waals surface area contributed by atoms with Crippen LogP contribution in [0.3, 0.4) is 0 Å². The highest BCUT2D eigenvalue weighted by Crippen LogP contribution is 2.11. The zero-order chi connectivity index (χ0) is 9.40. The molecule has 0 fully saturated rings. The Labute approximate surface area is 76.0 Å². The van der Waals surface area contributed by atoms with Gasteiger partial charge >= 0.3 is 0 Å². The average molecular weight is 162 g/mol. The second-order valence-electron chi connectivity index (χ2n) is 2.93. The van der Waals surface area contributed by atoms with Crippen LogP contribution in [0.15, 0.2) is 48.6 Å². The van der Waals surface area contributed by atoms with Crippen molar-refractivity contribution in [1.82, 2.24) is 0 Å². The SMILES string of the molecule is C=C/C=C(\C=C/C)CCC(=C)C. The molecule has 0 atom stereocenters. The maximum Gasteiger partial charge on any atom is -0.0242 e. The van der Waals surface area contributed by atoms with Gasteiger partial charge in [0.2, 0.25) is 0 Å². The maximum atomic E-state index is 3.87. The summed E-state index contributed by atoms with van der Waals surface area (Å²) in [6, 6.07) is 0. The van der Waals surface area contributed by atoms with Gasteiger partial charge in [-0.1, -0.05) is 36.5 Å². The Bertz CT molecular complexity index is 204. The van der Waals surface area contributed by atoms with E-state index in [2.05, 4.69) is 26.2 Å². The normalized spacial score (nSPS) is 12.0. The topological polar surface area (TPSA) is 0 Å². The summed E-state index contributed by atoms with van der Waals surface area (Å²) in [5, 5.41) is 0. The Morgan fingerprint density at radius 3 is 2.42 bits per heavy atom. The van der Waals surface area contributed by atoms with Crippen LogP contribution in [-0.2, 0) is 0 Å². The van der Waals surface area contributed by atoms with Crippen molar-refractivity contribution in [3.63, 3.8) is 0 Å². The first-order valence-electron chi connectivity index (χ1n) is 4.29. The third-order valence-corrected chi connectivity index (χ3v) is 1.55.